The molecule has 0 saturated carbocycles. The lowest BCUT2D eigenvalue weighted by Gasteiger charge is -2.27. The van der Waals surface area contributed by atoms with Crippen LogP contribution in [0.3, 0.4) is 0 Å². The Morgan fingerprint density at radius 3 is 2.59 bits per heavy atom. The lowest BCUT2D eigenvalue weighted by molar-refractivity contribution is -0.148. The van der Waals surface area contributed by atoms with Crippen molar-refractivity contribution < 1.29 is 19.4 Å². The Bertz CT molecular complexity index is 308. The number of aliphatic carboxylic acids is 1. The van der Waals surface area contributed by atoms with E-state index in [0.717, 1.165) is 0 Å². The van der Waals surface area contributed by atoms with Crippen LogP contribution in [-0.4, -0.2) is 41.8 Å². The van der Waals surface area contributed by atoms with E-state index in [9.17, 15) is 9.59 Å². The van der Waals surface area contributed by atoms with Gasteiger partial charge < -0.3 is 20.9 Å². The Kier molecular flexibility index (Phi) is 4.47. The number of carboxylic acid groups (broad SMARTS) is 1. The lowest BCUT2D eigenvalue weighted by atomic mass is 9.94. The highest BCUT2D eigenvalue weighted by atomic mass is 16.5. The fourth-order valence-electron chi connectivity index (χ4n) is 1.93. The van der Waals surface area contributed by atoms with Gasteiger partial charge in [0.05, 0.1) is 19.1 Å². The molecule has 6 nitrogen and oxygen atoms in total. The fraction of sp³-hybridized carbons (Fsp3) is 0.818. The molecule has 1 saturated heterocycles. The maximum Gasteiger partial charge on any atom is 0.329 e. The second kappa shape index (κ2) is 5.46. The monoisotopic (exact) mass is 244 g/mol. The highest BCUT2D eigenvalue weighted by Crippen LogP contribution is 2.17. The molecule has 1 heterocycles. The molecule has 1 aliphatic heterocycles. The van der Waals surface area contributed by atoms with Crippen molar-refractivity contribution in [2.45, 2.75) is 38.3 Å². The summed E-state index contributed by atoms with van der Waals surface area (Å²) in [5, 5.41) is 11.7. The zero-order chi connectivity index (χ0) is 13.1. The minimum atomic E-state index is -1.23. The van der Waals surface area contributed by atoms with Crippen LogP contribution in [0.5, 0.6) is 0 Å². The summed E-state index contributed by atoms with van der Waals surface area (Å²) < 4.78 is 5.09. The van der Waals surface area contributed by atoms with Gasteiger partial charge in [0.1, 0.15) is 5.54 Å². The molecule has 98 valence electrons. The van der Waals surface area contributed by atoms with Crippen LogP contribution in [0.1, 0.15) is 26.7 Å². The third-order valence-corrected chi connectivity index (χ3v) is 3.08. The number of carbonyl (C=O) groups is 2. The minimum absolute atomic E-state index is 0.259. The van der Waals surface area contributed by atoms with E-state index in [2.05, 4.69) is 5.32 Å². The number of carboxylic acids is 1. The molecule has 0 aromatic heterocycles. The molecule has 0 aromatic rings. The number of carbonyl (C=O) groups excluding carboxylic acids is 1. The van der Waals surface area contributed by atoms with Crippen molar-refractivity contribution in [3.05, 3.63) is 0 Å². The number of ether oxygens (including phenoxy) is 1. The highest BCUT2D eigenvalue weighted by Gasteiger charge is 2.39. The van der Waals surface area contributed by atoms with Crippen LogP contribution in [-0.2, 0) is 14.3 Å². The zero-order valence-corrected chi connectivity index (χ0v) is 10.2. The summed E-state index contributed by atoms with van der Waals surface area (Å²) in [4.78, 5) is 23.1. The van der Waals surface area contributed by atoms with Crippen molar-refractivity contribution in [3.8, 4) is 0 Å². The van der Waals surface area contributed by atoms with E-state index >= 15 is 0 Å². The summed E-state index contributed by atoms with van der Waals surface area (Å²) in [6.07, 6.45) is 1.06. The molecule has 1 amide bonds. The summed E-state index contributed by atoms with van der Waals surface area (Å²) >= 11 is 0. The number of nitrogens with one attached hydrogen (secondary N) is 1. The Balaban J connectivity index is 2.67. The molecule has 0 spiro atoms. The first-order valence-electron chi connectivity index (χ1n) is 5.79. The van der Waals surface area contributed by atoms with Gasteiger partial charge in [0, 0.05) is 6.04 Å². The Morgan fingerprint density at radius 1 is 1.53 bits per heavy atom. The average Bonchev–Trinajstić information content (AvgIpc) is 2.64. The van der Waals surface area contributed by atoms with E-state index in [0.29, 0.717) is 19.4 Å². The molecule has 1 rings (SSSR count). The van der Waals surface area contributed by atoms with Gasteiger partial charge >= 0.3 is 5.97 Å². The van der Waals surface area contributed by atoms with E-state index in [1.165, 1.54) is 6.92 Å². The second-order valence-electron chi connectivity index (χ2n) is 4.68. The van der Waals surface area contributed by atoms with E-state index in [4.69, 9.17) is 15.6 Å². The summed E-state index contributed by atoms with van der Waals surface area (Å²) in [6.45, 7) is 3.99. The second-order valence-corrected chi connectivity index (χ2v) is 4.68. The molecule has 3 unspecified atom stereocenters. The topological polar surface area (TPSA) is 102 Å². The molecular weight excluding hydrogens is 224 g/mol. The van der Waals surface area contributed by atoms with Gasteiger partial charge in [-0.2, -0.15) is 0 Å². The first-order valence-corrected chi connectivity index (χ1v) is 5.79. The van der Waals surface area contributed by atoms with Crippen molar-refractivity contribution in [2.75, 3.05) is 13.2 Å². The first-order chi connectivity index (χ1) is 7.90. The third kappa shape index (κ3) is 3.17. The molecule has 0 aromatic carbocycles. The van der Waals surface area contributed by atoms with Crippen LogP contribution in [0.2, 0.25) is 0 Å². The van der Waals surface area contributed by atoms with Crippen LogP contribution >= 0.6 is 0 Å². The van der Waals surface area contributed by atoms with Crippen molar-refractivity contribution >= 4 is 11.9 Å². The Morgan fingerprint density at radius 2 is 2.18 bits per heavy atom. The number of amides is 1. The molecule has 0 bridgehead atoms. The molecule has 0 aliphatic carbocycles. The minimum Gasteiger partial charge on any atom is -0.480 e. The smallest absolute Gasteiger partial charge is 0.329 e. The average molecular weight is 244 g/mol. The standard InChI is InChI=1S/C11H20N2O4/c1-3-4-11(2,10(15)16)13-9(14)7-5-17-6-8(7)12/h7-8H,3-6,12H2,1-2H3,(H,13,14)(H,15,16). The van der Waals surface area contributed by atoms with Crippen LogP contribution < -0.4 is 11.1 Å². The maximum absolute atomic E-state index is 11.9. The Hall–Kier alpha value is -1.14. The van der Waals surface area contributed by atoms with Crippen molar-refractivity contribution in [1.82, 2.24) is 5.32 Å². The van der Waals surface area contributed by atoms with Gasteiger partial charge in [0.15, 0.2) is 0 Å². The Labute approximate surface area is 101 Å². The van der Waals surface area contributed by atoms with Gasteiger partial charge in [0.2, 0.25) is 5.91 Å². The van der Waals surface area contributed by atoms with Crippen molar-refractivity contribution in [2.24, 2.45) is 11.7 Å². The first kappa shape index (κ1) is 13.9. The molecule has 3 atom stereocenters. The normalized spacial score (nSPS) is 27.5. The summed E-state index contributed by atoms with van der Waals surface area (Å²) in [7, 11) is 0. The number of nitrogens with two attached hydrogens (primary N) is 1. The lowest BCUT2D eigenvalue weighted by Crippen LogP contribution is -2.55. The van der Waals surface area contributed by atoms with Gasteiger partial charge in [-0.25, -0.2) is 4.79 Å². The van der Waals surface area contributed by atoms with Crippen molar-refractivity contribution in [3.63, 3.8) is 0 Å². The van der Waals surface area contributed by atoms with Gasteiger partial charge in [-0.3, -0.25) is 4.79 Å². The molecular formula is C11H20N2O4. The molecule has 6 heteroatoms. The molecule has 1 fully saturated rings. The van der Waals surface area contributed by atoms with Gasteiger partial charge in [-0.05, 0) is 13.3 Å². The number of hydrogen-bond donors (Lipinski definition) is 3. The van der Waals surface area contributed by atoms with E-state index in [-0.39, 0.29) is 18.6 Å². The van der Waals surface area contributed by atoms with Gasteiger partial charge in [-0.1, -0.05) is 13.3 Å². The van der Waals surface area contributed by atoms with Crippen molar-refractivity contribution in [1.29, 1.82) is 0 Å². The number of rotatable bonds is 5. The zero-order valence-electron chi connectivity index (χ0n) is 10.2. The SMILES string of the molecule is CCCC(C)(NC(=O)C1COCC1N)C(=O)O. The summed E-state index contributed by atoms with van der Waals surface area (Å²) in [5.41, 5.74) is 4.49. The van der Waals surface area contributed by atoms with E-state index in [1.807, 2.05) is 6.92 Å². The van der Waals surface area contributed by atoms with E-state index < -0.39 is 17.4 Å². The molecule has 17 heavy (non-hydrogen) atoms. The molecule has 0 radical (unpaired) electrons. The number of hydrogen-bond acceptors (Lipinski definition) is 4. The van der Waals surface area contributed by atoms with Crippen LogP contribution in [0.25, 0.3) is 0 Å². The quantitative estimate of drug-likeness (QED) is 0.617. The van der Waals surface area contributed by atoms with Crippen LogP contribution in [0, 0.1) is 5.92 Å². The predicted octanol–water partition coefficient (Wildman–Crippen LogP) is -0.280. The van der Waals surface area contributed by atoms with Crippen LogP contribution in [0.4, 0.5) is 0 Å². The molecule has 1 aliphatic rings. The highest BCUT2D eigenvalue weighted by molar-refractivity contribution is 5.88. The fourth-order valence-corrected chi connectivity index (χ4v) is 1.93. The molecule has 4 N–H and O–H groups in total. The largest absolute Gasteiger partial charge is 0.480 e. The van der Waals surface area contributed by atoms with Crippen LogP contribution in [0.15, 0.2) is 0 Å². The van der Waals surface area contributed by atoms with Gasteiger partial charge in [-0.15, -0.1) is 0 Å². The predicted molar refractivity (Wildman–Crippen MR) is 61.4 cm³/mol. The van der Waals surface area contributed by atoms with Gasteiger partial charge in [0.25, 0.3) is 0 Å². The van der Waals surface area contributed by atoms with E-state index in [1.54, 1.807) is 0 Å². The third-order valence-electron chi connectivity index (χ3n) is 3.08. The summed E-state index contributed by atoms with van der Waals surface area (Å²) in [5.74, 6) is -1.82. The maximum atomic E-state index is 11.9. The summed E-state index contributed by atoms with van der Waals surface area (Å²) in [6, 6.07) is -0.352.